The summed E-state index contributed by atoms with van der Waals surface area (Å²) in [4.78, 5) is 0. The van der Waals surface area contributed by atoms with Gasteiger partial charge in [0, 0.05) is 6.42 Å². The van der Waals surface area contributed by atoms with Gasteiger partial charge >= 0.3 is 6.18 Å². The van der Waals surface area contributed by atoms with E-state index in [1.807, 2.05) is 6.92 Å². The summed E-state index contributed by atoms with van der Waals surface area (Å²) in [6, 6.07) is 3.45. The highest BCUT2D eigenvalue weighted by molar-refractivity contribution is 9.10. The van der Waals surface area contributed by atoms with E-state index in [0.717, 1.165) is 0 Å². The maximum absolute atomic E-state index is 11.9. The van der Waals surface area contributed by atoms with Crippen LogP contribution in [0.15, 0.2) is 21.2 Å². The highest BCUT2D eigenvalue weighted by Gasteiger charge is 2.26. The summed E-state index contributed by atoms with van der Waals surface area (Å²) in [5.74, 6) is 0.707. The molecule has 0 aliphatic rings. The zero-order valence-corrected chi connectivity index (χ0v) is 10.4. The summed E-state index contributed by atoms with van der Waals surface area (Å²) in [6.07, 6.45) is -4.75. The molecule has 0 aliphatic carbocycles. The van der Waals surface area contributed by atoms with Crippen LogP contribution in [0.2, 0.25) is 0 Å². The Hall–Kier alpha value is -0.490. The van der Waals surface area contributed by atoms with Crippen LogP contribution in [-0.4, -0.2) is 12.7 Å². The lowest BCUT2D eigenvalue weighted by Gasteiger charge is -2.11. The van der Waals surface area contributed by atoms with E-state index in [1.165, 1.54) is 0 Å². The molecule has 0 saturated heterocycles. The average Bonchev–Trinajstić information content (AvgIpc) is 2.57. The molecule has 0 aromatic carbocycles. The van der Waals surface area contributed by atoms with Crippen LogP contribution < -0.4 is 5.32 Å². The Labute approximate surface area is 100 Å². The van der Waals surface area contributed by atoms with Gasteiger partial charge in [-0.05, 0) is 48.0 Å². The first-order valence-electron chi connectivity index (χ1n) is 4.94. The minimum absolute atomic E-state index is 0.0791. The van der Waals surface area contributed by atoms with E-state index in [0.29, 0.717) is 17.0 Å². The van der Waals surface area contributed by atoms with Gasteiger partial charge in [0.1, 0.15) is 5.76 Å². The average molecular weight is 300 g/mol. The number of rotatable bonds is 5. The van der Waals surface area contributed by atoms with Crippen molar-refractivity contribution < 1.29 is 17.6 Å². The van der Waals surface area contributed by atoms with Crippen molar-refractivity contribution in [3.63, 3.8) is 0 Å². The first-order chi connectivity index (χ1) is 7.38. The van der Waals surface area contributed by atoms with E-state index in [2.05, 4.69) is 21.2 Å². The molecule has 6 heteroatoms. The molecule has 1 unspecified atom stereocenters. The molecule has 1 aromatic heterocycles. The van der Waals surface area contributed by atoms with Crippen molar-refractivity contribution in [2.75, 3.05) is 6.54 Å². The van der Waals surface area contributed by atoms with Gasteiger partial charge in [0.25, 0.3) is 0 Å². The Kier molecular flexibility index (Phi) is 4.86. The normalized spacial score (nSPS) is 14.1. The number of halogens is 4. The zero-order chi connectivity index (χ0) is 12.2. The van der Waals surface area contributed by atoms with Crippen molar-refractivity contribution in [3.8, 4) is 0 Å². The number of furan rings is 1. The fraction of sp³-hybridized carbons (Fsp3) is 0.600. The third kappa shape index (κ3) is 5.03. The van der Waals surface area contributed by atoms with Crippen molar-refractivity contribution in [2.24, 2.45) is 0 Å². The van der Waals surface area contributed by atoms with E-state index < -0.39 is 12.6 Å². The van der Waals surface area contributed by atoms with Crippen LogP contribution in [-0.2, 0) is 0 Å². The molecule has 16 heavy (non-hydrogen) atoms. The van der Waals surface area contributed by atoms with E-state index in [9.17, 15) is 13.2 Å². The van der Waals surface area contributed by atoms with E-state index >= 15 is 0 Å². The number of nitrogens with one attached hydrogen (secondary N) is 1. The summed E-state index contributed by atoms with van der Waals surface area (Å²) in [7, 11) is 0. The minimum Gasteiger partial charge on any atom is -0.453 e. The molecule has 1 aromatic rings. The van der Waals surface area contributed by atoms with E-state index in [4.69, 9.17) is 4.42 Å². The molecular weight excluding hydrogens is 287 g/mol. The van der Waals surface area contributed by atoms with Gasteiger partial charge in [-0.25, -0.2) is 0 Å². The van der Waals surface area contributed by atoms with Crippen molar-refractivity contribution in [1.29, 1.82) is 0 Å². The Balaban J connectivity index is 2.23. The van der Waals surface area contributed by atoms with Crippen LogP contribution in [0.1, 0.15) is 31.6 Å². The maximum Gasteiger partial charge on any atom is 0.389 e. The minimum atomic E-state index is -4.07. The van der Waals surface area contributed by atoms with Crippen LogP contribution in [0, 0.1) is 0 Å². The molecule has 1 atom stereocenters. The topological polar surface area (TPSA) is 25.2 Å². The second kappa shape index (κ2) is 5.72. The first-order valence-corrected chi connectivity index (χ1v) is 5.73. The smallest absolute Gasteiger partial charge is 0.389 e. The van der Waals surface area contributed by atoms with Crippen LogP contribution in [0.25, 0.3) is 0 Å². The summed E-state index contributed by atoms with van der Waals surface area (Å²) >= 11 is 3.17. The summed E-state index contributed by atoms with van der Waals surface area (Å²) in [6.45, 7) is 2.16. The standard InChI is InChI=1S/C10H13BrF3NO/c1-7(8-3-4-9(11)16-8)15-6-2-5-10(12,13)14/h3-4,7,15H,2,5-6H2,1H3. The third-order valence-corrected chi connectivity index (χ3v) is 2.53. The molecule has 0 radical (unpaired) electrons. The van der Waals surface area contributed by atoms with Crippen LogP contribution in [0.3, 0.4) is 0 Å². The molecule has 92 valence electrons. The van der Waals surface area contributed by atoms with Gasteiger partial charge in [0.15, 0.2) is 4.67 Å². The fourth-order valence-electron chi connectivity index (χ4n) is 1.27. The second-order valence-electron chi connectivity index (χ2n) is 3.54. The van der Waals surface area contributed by atoms with Crippen LogP contribution in [0.5, 0.6) is 0 Å². The van der Waals surface area contributed by atoms with Gasteiger partial charge in [-0.2, -0.15) is 13.2 Å². The van der Waals surface area contributed by atoms with Gasteiger partial charge in [-0.3, -0.25) is 0 Å². The van der Waals surface area contributed by atoms with Crippen molar-refractivity contribution in [2.45, 2.75) is 32.0 Å². The van der Waals surface area contributed by atoms with Gasteiger partial charge in [-0.1, -0.05) is 0 Å². The van der Waals surface area contributed by atoms with Gasteiger partial charge in [-0.15, -0.1) is 0 Å². The predicted molar refractivity (Wildman–Crippen MR) is 58.1 cm³/mol. The molecular formula is C10H13BrF3NO. The highest BCUT2D eigenvalue weighted by atomic mass is 79.9. The molecule has 0 bridgehead atoms. The molecule has 0 spiro atoms. The monoisotopic (exact) mass is 299 g/mol. The third-order valence-electron chi connectivity index (χ3n) is 2.11. The molecule has 0 fully saturated rings. The zero-order valence-electron chi connectivity index (χ0n) is 8.77. The highest BCUT2D eigenvalue weighted by Crippen LogP contribution is 2.22. The van der Waals surface area contributed by atoms with Crippen molar-refractivity contribution in [3.05, 3.63) is 22.6 Å². The van der Waals surface area contributed by atoms with Crippen molar-refractivity contribution in [1.82, 2.24) is 5.32 Å². The maximum atomic E-state index is 11.9. The quantitative estimate of drug-likeness (QED) is 0.830. The second-order valence-corrected chi connectivity index (χ2v) is 4.32. The SMILES string of the molecule is CC(NCCCC(F)(F)F)c1ccc(Br)o1. The number of alkyl halides is 3. The number of hydrogen-bond acceptors (Lipinski definition) is 2. The molecule has 1 rings (SSSR count). The molecule has 1 heterocycles. The Morgan fingerprint density at radius 3 is 2.62 bits per heavy atom. The molecule has 0 saturated carbocycles. The summed E-state index contributed by atoms with van der Waals surface area (Å²) < 4.78 is 41.5. The van der Waals surface area contributed by atoms with Gasteiger partial charge in [0.05, 0.1) is 6.04 Å². The molecule has 1 N–H and O–H groups in total. The first kappa shape index (κ1) is 13.6. The lowest BCUT2D eigenvalue weighted by molar-refractivity contribution is -0.135. The van der Waals surface area contributed by atoms with Crippen LogP contribution >= 0.6 is 15.9 Å². The lowest BCUT2D eigenvalue weighted by Crippen LogP contribution is -2.21. The molecule has 0 aliphatic heterocycles. The summed E-state index contributed by atoms with van der Waals surface area (Å²) in [5, 5.41) is 2.97. The Bertz CT molecular complexity index is 324. The lowest BCUT2D eigenvalue weighted by atomic mass is 10.2. The summed E-state index contributed by atoms with van der Waals surface area (Å²) in [5.41, 5.74) is 0. The molecule has 0 amide bonds. The fourth-order valence-corrected chi connectivity index (χ4v) is 1.59. The van der Waals surface area contributed by atoms with E-state index in [-0.39, 0.29) is 12.5 Å². The largest absolute Gasteiger partial charge is 0.453 e. The van der Waals surface area contributed by atoms with Crippen molar-refractivity contribution >= 4 is 15.9 Å². The van der Waals surface area contributed by atoms with Gasteiger partial charge in [0.2, 0.25) is 0 Å². The predicted octanol–water partition coefficient (Wildman–Crippen LogP) is 4.04. The van der Waals surface area contributed by atoms with Crippen LogP contribution in [0.4, 0.5) is 13.2 Å². The van der Waals surface area contributed by atoms with Gasteiger partial charge < -0.3 is 9.73 Å². The Morgan fingerprint density at radius 2 is 2.12 bits per heavy atom. The Morgan fingerprint density at radius 1 is 1.44 bits per heavy atom. The van der Waals surface area contributed by atoms with E-state index in [1.54, 1.807) is 12.1 Å². The molecule has 2 nitrogen and oxygen atoms in total. The number of hydrogen-bond donors (Lipinski definition) is 1.